The number of aromatic nitrogens is 1. The highest BCUT2D eigenvalue weighted by Crippen LogP contribution is 2.39. The number of pyridine rings is 1. The van der Waals surface area contributed by atoms with Gasteiger partial charge in [-0.3, -0.25) is 0 Å². The molecule has 2 aliphatic rings. The highest BCUT2D eigenvalue weighted by Gasteiger charge is 2.35. The van der Waals surface area contributed by atoms with Crippen molar-refractivity contribution in [3.8, 4) is 5.75 Å². The normalized spacial score (nSPS) is 22.7. The van der Waals surface area contributed by atoms with Crippen molar-refractivity contribution in [2.45, 2.75) is 65.7 Å². The molecule has 0 radical (unpaired) electrons. The van der Waals surface area contributed by atoms with Crippen LogP contribution in [-0.2, 0) is 40.6 Å². The maximum atomic E-state index is 9.58. The third-order valence-electron chi connectivity index (χ3n) is 3.70. The molecule has 0 saturated heterocycles. The maximum absolute atomic E-state index is 9.58. The van der Waals surface area contributed by atoms with E-state index < -0.39 is 11.6 Å². The van der Waals surface area contributed by atoms with Crippen LogP contribution in [0.1, 0.15) is 50.2 Å². The zero-order chi connectivity index (χ0) is 15.3. The first-order chi connectivity index (χ1) is 9.81. The summed E-state index contributed by atoms with van der Waals surface area (Å²) in [4.78, 5) is 4.50. The summed E-state index contributed by atoms with van der Waals surface area (Å²) in [6.45, 7) is 8.36. The van der Waals surface area contributed by atoms with E-state index in [1.807, 2.05) is 27.7 Å². The fourth-order valence-electron chi connectivity index (χ4n) is 2.49. The summed E-state index contributed by atoms with van der Waals surface area (Å²) in [6, 6.07) is 0. The molecule has 6 nitrogen and oxygen atoms in total. The van der Waals surface area contributed by atoms with Crippen LogP contribution in [0.15, 0.2) is 0 Å². The summed E-state index contributed by atoms with van der Waals surface area (Å²) in [5.41, 5.74) is 3.12. The Balaban J connectivity index is 2.08. The van der Waals surface area contributed by atoms with E-state index in [0.29, 0.717) is 31.3 Å². The number of ether oxygens (including phenoxy) is 4. The van der Waals surface area contributed by atoms with Gasteiger partial charge in [0.1, 0.15) is 5.69 Å². The van der Waals surface area contributed by atoms with Crippen LogP contribution in [0.3, 0.4) is 0 Å². The van der Waals surface area contributed by atoms with Crippen molar-refractivity contribution in [2.75, 3.05) is 0 Å². The van der Waals surface area contributed by atoms with Crippen LogP contribution in [0.25, 0.3) is 0 Å². The van der Waals surface area contributed by atoms with Crippen LogP contribution in [0, 0.1) is 0 Å². The van der Waals surface area contributed by atoms with Crippen LogP contribution in [0.5, 0.6) is 5.75 Å². The van der Waals surface area contributed by atoms with Gasteiger partial charge in [0.25, 0.3) is 0 Å². The topological polar surface area (TPSA) is 70.0 Å². The van der Waals surface area contributed by atoms with Gasteiger partial charge in [0.05, 0.1) is 32.1 Å². The molecule has 0 unspecified atom stereocenters. The second kappa shape index (κ2) is 4.91. The van der Waals surface area contributed by atoms with E-state index in [-0.39, 0.29) is 6.61 Å². The first-order valence-electron chi connectivity index (χ1n) is 7.06. The molecular formula is C15H21NO5. The van der Waals surface area contributed by atoms with Crippen molar-refractivity contribution in [3.63, 3.8) is 0 Å². The molecule has 6 heteroatoms. The van der Waals surface area contributed by atoms with Crippen LogP contribution in [-0.4, -0.2) is 21.7 Å². The Hall–Kier alpha value is -1.21. The van der Waals surface area contributed by atoms with E-state index in [2.05, 4.69) is 4.98 Å². The van der Waals surface area contributed by atoms with E-state index in [0.717, 1.165) is 16.8 Å². The predicted octanol–water partition coefficient (Wildman–Crippen LogP) is 2.00. The van der Waals surface area contributed by atoms with Crippen molar-refractivity contribution in [1.82, 2.24) is 4.98 Å². The number of nitrogens with zero attached hydrogens (tertiary/aromatic N) is 1. The van der Waals surface area contributed by atoms with Crippen LogP contribution >= 0.6 is 0 Å². The number of aliphatic hydroxyl groups is 1. The molecule has 3 rings (SSSR count). The van der Waals surface area contributed by atoms with Crippen molar-refractivity contribution < 1.29 is 24.1 Å². The molecule has 1 aromatic rings. The van der Waals surface area contributed by atoms with Gasteiger partial charge in [-0.1, -0.05) is 0 Å². The predicted molar refractivity (Wildman–Crippen MR) is 73.3 cm³/mol. The molecule has 1 N–H and O–H groups in total. The average Bonchev–Trinajstić information content (AvgIpc) is 2.56. The van der Waals surface area contributed by atoms with Gasteiger partial charge in [-0.25, -0.2) is 4.98 Å². The van der Waals surface area contributed by atoms with Gasteiger partial charge < -0.3 is 24.1 Å². The zero-order valence-corrected chi connectivity index (χ0v) is 12.9. The second-order valence-electron chi connectivity index (χ2n) is 6.22. The van der Waals surface area contributed by atoms with Gasteiger partial charge in [0.15, 0.2) is 11.5 Å². The summed E-state index contributed by atoms with van der Waals surface area (Å²) in [5.74, 6) is -0.785. The van der Waals surface area contributed by atoms with E-state index in [9.17, 15) is 5.11 Å². The van der Waals surface area contributed by atoms with Crippen LogP contribution in [0.2, 0.25) is 0 Å². The minimum Gasteiger partial charge on any atom is -0.461 e. The Bertz CT molecular complexity index is 568. The molecule has 0 aliphatic carbocycles. The number of rotatable bonds is 1. The van der Waals surface area contributed by atoms with Gasteiger partial charge in [-0.05, 0) is 13.8 Å². The average molecular weight is 295 g/mol. The Morgan fingerprint density at radius 1 is 0.952 bits per heavy atom. The fourth-order valence-corrected chi connectivity index (χ4v) is 2.49. The van der Waals surface area contributed by atoms with E-state index in [4.69, 9.17) is 18.9 Å². The summed E-state index contributed by atoms with van der Waals surface area (Å²) in [7, 11) is 0. The van der Waals surface area contributed by atoms with Crippen molar-refractivity contribution in [1.29, 1.82) is 0 Å². The van der Waals surface area contributed by atoms with Gasteiger partial charge in [-0.2, -0.15) is 0 Å². The minimum atomic E-state index is -0.728. The Kier molecular flexibility index (Phi) is 3.44. The summed E-state index contributed by atoms with van der Waals surface area (Å²) in [6.07, 6.45) is 0. The molecule has 0 fully saturated rings. The largest absolute Gasteiger partial charge is 0.461 e. The molecule has 21 heavy (non-hydrogen) atoms. The van der Waals surface area contributed by atoms with Crippen LogP contribution in [0.4, 0.5) is 0 Å². The molecule has 0 atom stereocenters. The smallest absolute Gasteiger partial charge is 0.205 e. The minimum absolute atomic E-state index is 0.185. The quantitative estimate of drug-likeness (QED) is 0.854. The lowest BCUT2D eigenvalue weighted by Crippen LogP contribution is -2.36. The van der Waals surface area contributed by atoms with Crippen molar-refractivity contribution in [3.05, 3.63) is 22.5 Å². The molecule has 1 aromatic heterocycles. The van der Waals surface area contributed by atoms with E-state index in [1.54, 1.807) is 0 Å². The van der Waals surface area contributed by atoms with E-state index >= 15 is 0 Å². The highest BCUT2D eigenvalue weighted by atomic mass is 16.7. The lowest BCUT2D eigenvalue weighted by molar-refractivity contribution is -0.220. The van der Waals surface area contributed by atoms with Gasteiger partial charge in [-0.15, -0.1) is 0 Å². The third-order valence-corrected chi connectivity index (χ3v) is 3.70. The Morgan fingerprint density at radius 3 is 2.29 bits per heavy atom. The monoisotopic (exact) mass is 295 g/mol. The van der Waals surface area contributed by atoms with E-state index in [1.165, 1.54) is 0 Å². The Morgan fingerprint density at radius 2 is 1.57 bits per heavy atom. The Labute approximate surface area is 124 Å². The summed E-state index contributed by atoms with van der Waals surface area (Å²) < 4.78 is 23.1. The van der Waals surface area contributed by atoms with Crippen molar-refractivity contribution in [2.24, 2.45) is 0 Å². The summed E-state index contributed by atoms with van der Waals surface area (Å²) >= 11 is 0. The molecule has 0 aromatic carbocycles. The molecule has 0 saturated carbocycles. The molecule has 116 valence electrons. The number of aliphatic hydroxyl groups excluding tert-OH is 1. The fraction of sp³-hybridized carbons (Fsp3) is 0.667. The SMILES string of the molecule is CC1(C)OCc2nc(CO)c3c(c2CO1)COC(C)(C)O3. The van der Waals surface area contributed by atoms with Gasteiger partial charge >= 0.3 is 0 Å². The highest BCUT2D eigenvalue weighted by molar-refractivity contribution is 5.46. The van der Waals surface area contributed by atoms with Gasteiger partial charge in [0.2, 0.25) is 5.79 Å². The standard InChI is InChI=1S/C15H21NO5/c1-14(2)18-6-9-10-7-19-15(3,4)21-13(10)11(5-17)16-12(9)8-20-14/h17H,5-8H2,1-4H3. The lowest BCUT2D eigenvalue weighted by Gasteiger charge is -2.34. The molecule has 3 heterocycles. The first kappa shape index (κ1) is 14.7. The molecular weight excluding hydrogens is 274 g/mol. The maximum Gasteiger partial charge on any atom is 0.205 e. The van der Waals surface area contributed by atoms with Gasteiger partial charge in [0, 0.05) is 25.0 Å². The first-order valence-corrected chi connectivity index (χ1v) is 7.06. The zero-order valence-electron chi connectivity index (χ0n) is 12.9. The molecule has 0 bridgehead atoms. The summed E-state index contributed by atoms with van der Waals surface area (Å²) in [5, 5.41) is 9.58. The van der Waals surface area contributed by atoms with Crippen LogP contribution < -0.4 is 4.74 Å². The molecule has 2 aliphatic heterocycles. The van der Waals surface area contributed by atoms with Crippen molar-refractivity contribution >= 4 is 0 Å². The number of hydrogen-bond donors (Lipinski definition) is 1. The third kappa shape index (κ3) is 2.76. The second-order valence-corrected chi connectivity index (χ2v) is 6.22. The number of fused-ring (bicyclic) bond motifs is 3. The molecule has 0 amide bonds. The number of hydrogen-bond acceptors (Lipinski definition) is 6. The lowest BCUT2D eigenvalue weighted by atomic mass is 10.0. The molecule has 0 spiro atoms.